The minimum Gasteiger partial charge on any atom is -0.316 e. The molecular weight excluding hydrogens is 388 g/mol. The quantitative estimate of drug-likeness (QED) is 0.366. The zero-order chi connectivity index (χ0) is 21.8. The second kappa shape index (κ2) is 10.8. The molecule has 6 atom stereocenters. The Hall–Kier alpha value is -0.980. The Morgan fingerprint density at radius 3 is 1.94 bits per heavy atom. The molecular formula is C25H44N4O2. The molecule has 0 aromatic heterocycles. The Balaban J connectivity index is 1.37. The van der Waals surface area contributed by atoms with E-state index in [1.165, 1.54) is 19.3 Å². The average molecular weight is 433 g/mol. The Morgan fingerprint density at radius 1 is 0.839 bits per heavy atom. The van der Waals surface area contributed by atoms with Gasteiger partial charge in [-0.3, -0.25) is 14.5 Å². The SMILES string of the molecule is CCNCCN(CCNCC)C[C@@H]1CCCC[C@H]1CN1C(=O)[C@@H]2[C@H]3CC[C@H](C3)[C@@H]2C1=O. The summed E-state index contributed by atoms with van der Waals surface area (Å²) in [5, 5.41) is 6.93. The zero-order valence-corrected chi connectivity index (χ0v) is 19.8. The summed E-state index contributed by atoms with van der Waals surface area (Å²) >= 11 is 0. The first-order chi connectivity index (χ1) is 15.1. The van der Waals surface area contributed by atoms with Crippen molar-refractivity contribution in [3.63, 3.8) is 0 Å². The molecule has 0 unspecified atom stereocenters. The van der Waals surface area contributed by atoms with Gasteiger partial charge >= 0.3 is 0 Å². The first-order valence-corrected chi connectivity index (χ1v) is 13.1. The highest BCUT2D eigenvalue weighted by molar-refractivity contribution is 6.06. The normalized spacial score (nSPS) is 34.9. The zero-order valence-electron chi connectivity index (χ0n) is 19.8. The fraction of sp³-hybridized carbons (Fsp3) is 0.920. The molecule has 3 saturated carbocycles. The summed E-state index contributed by atoms with van der Waals surface area (Å²) in [6.45, 7) is 12.3. The summed E-state index contributed by atoms with van der Waals surface area (Å²) in [6.07, 6.45) is 8.38. The Bertz CT molecular complexity index is 589. The molecule has 4 fully saturated rings. The molecule has 31 heavy (non-hydrogen) atoms. The van der Waals surface area contributed by atoms with Crippen LogP contribution in [0.15, 0.2) is 0 Å². The molecule has 1 saturated heterocycles. The van der Waals surface area contributed by atoms with Gasteiger partial charge in [0.15, 0.2) is 0 Å². The number of hydrogen-bond acceptors (Lipinski definition) is 5. The number of likely N-dealkylation sites (tertiary alicyclic amines) is 1. The number of rotatable bonds is 12. The molecule has 6 heteroatoms. The van der Waals surface area contributed by atoms with Crippen molar-refractivity contribution in [3.05, 3.63) is 0 Å². The predicted octanol–water partition coefficient (Wildman–Crippen LogP) is 2.34. The molecule has 0 radical (unpaired) electrons. The van der Waals surface area contributed by atoms with E-state index < -0.39 is 0 Å². The molecule has 4 rings (SSSR count). The molecule has 176 valence electrons. The van der Waals surface area contributed by atoms with Gasteiger partial charge in [-0.05, 0) is 68.9 Å². The van der Waals surface area contributed by atoms with E-state index in [9.17, 15) is 9.59 Å². The molecule has 4 aliphatic rings. The summed E-state index contributed by atoms with van der Waals surface area (Å²) in [5.74, 6) is 2.48. The number of fused-ring (bicyclic) bond motifs is 5. The van der Waals surface area contributed by atoms with Crippen molar-refractivity contribution < 1.29 is 9.59 Å². The van der Waals surface area contributed by atoms with E-state index in [0.717, 1.165) is 71.5 Å². The summed E-state index contributed by atoms with van der Waals surface area (Å²) in [6, 6.07) is 0. The Morgan fingerprint density at radius 2 is 1.39 bits per heavy atom. The van der Waals surface area contributed by atoms with Gasteiger partial charge in [0.05, 0.1) is 11.8 Å². The third kappa shape index (κ3) is 5.01. The van der Waals surface area contributed by atoms with Crippen LogP contribution in [0.4, 0.5) is 0 Å². The number of nitrogens with zero attached hydrogens (tertiary/aromatic N) is 2. The van der Waals surface area contributed by atoms with Crippen LogP contribution in [0, 0.1) is 35.5 Å². The molecule has 1 heterocycles. The summed E-state index contributed by atoms with van der Waals surface area (Å²) in [7, 11) is 0. The van der Waals surface area contributed by atoms with Crippen LogP contribution in [0.3, 0.4) is 0 Å². The second-order valence-electron chi connectivity index (χ2n) is 10.5. The van der Waals surface area contributed by atoms with Gasteiger partial charge in [-0.2, -0.15) is 0 Å². The van der Waals surface area contributed by atoms with Gasteiger partial charge in [0, 0.05) is 39.3 Å². The van der Waals surface area contributed by atoms with Crippen LogP contribution in [0.1, 0.15) is 58.8 Å². The Labute approximate surface area is 188 Å². The lowest BCUT2D eigenvalue weighted by Gasteiger charge is -2.37. The van der Waals surface area contributed by atoms with E-state index in [1.807, 2.05) is 0 Å². The second-order valence-corrected chi connectivity index (χ2v) is 10.5. The van der Waals surface area contributed by atoms with Gasteiger partial charge < -0.3 is 15.5 Å². The van der Waals surface area contributed by atoms with Crippen LogP contribution in [-0.2, 0) is 9.59 Å². The summed E-state index contributed by atoms with van der Waals surface area (Å²) in [5.41, 5.74) is 0. The van der Waals surface area contributed by atoms with Crippen LogP contribution in [-0.4, -0.2) is 74.0 Å². The van der Waals surface area contributed by atoms with Gasteiger partial charge in [-0.15, -0.1) is 0 Å². The highest BCUT2D eigenvalue weighted by Gasteiger charge is 2.61. The van der Waals surface area contributed by atoms with E-state index in [1.54, 1.807) is 4.90 Å². The van der Waals surface area contributed by atoms with Crippen molar-refractivity contribution in [3.8, 4) is 0 Å². The molecule has 0 aromatic rings. The summed E-state index contributed by atoms with van der Waals surface area (Å²) < 4.78 is 0. The van der Waals surface area contributed by atoms with Crippen LogP contribution in [0.2, 0.25) is 0 Å². The van der Waals surface area contributed by atoms with Gasteiger partial charge in [0.2, 0.25) is 11.8 Å². The maximum Gasteiger partial charge on any atom is 0.233 e. The van der Waals surface area contributed by atoms with Gasteiger partial charge in [-0.1, -0.05) is 26.7 Å². The van der Waals surface area contributed by atoms with Crippen LogP contribution < -0.4 is 10.6 Å². The minimum absolute atomic E-state index is 0.0324. The lowest BCUT2D eigenvalue weighted by molar-refractivity contribution is -0.142. The largest absolute Gasteiger partial charge is 0.316 e. The first kappa shape index (κ1) is 23.2. The average Bonchev–Trinajstić information content (AvgIpc) is 3.45. The molecule has 0 spiro atoms. The van der Waals surface area contributed by atoms with E-state index in [4.69, 9.17) is 0 Å². The van der Waals surface area contributed by atoms with Gasteiger partial charge in [-0.25, -0.2) is 0 Å². The smallest absolute Gasteiger partial charge is 0.233 e. The number of amides is 2. The van der Waals surface area contributed by atoms with Crippen molar-refractivity contribution in [2.75, 3.05) is 52.4 Å². The minimum atomic E-state index is 0.0324. The number of imide groups is 1. The maximum atomic E-state index is 13.2. The fourth-order valence-electron chi connectivity index (χ4n) is 7.10. The topological polar surface area (TPSA) is 64.7 Å². The third-order valence-corrected chi connectivity index (χ3v) is 8.70. The molecule has 0 aromatic carbocycles. The number of nitrogens with one attached hydrogen (secondary N) is 2. The predicted molar refractivity (Wildman–Crippen MR) is 124 cm³/mol. The molecule has 2 N–H and O–H groups in total. The number of hydrogen-bond donors (Lipinski definition) is 2. The van der Waals surface area contributed by atoms with Crippen LogP contribution in [0.25, 0.3) is 0 Å². The number of likely N-dealkylation sites (N-methyl/N-ethyl adjacent to an activating group) is 2. The van der Waals surface area contributed by atoms with Crippen molar-refractivity contribution in [1.29, 1.82) is 0 Å². The van der Waals surface area contributed by atoms with Crippen molar-refractivity contribution in [2.24, 2.45) is 35.5 Å². The van der Waals surface area contributed by atoms with Crippen molar-refractivity contribution in [2.45, 2.75) is 58.8 Å². The first-order valence-electron chi connectivity index (χ1n) is 13.1. The third-order valence-electron chi connectivity index (χ3n) is 8.70. The lowest BCUT2D eigenvalue weighted by Crippen LogP contribution is -2.45. The Kier molecular flexibility index (Phi) is 8.05. The van der Waals surface area contributed by atoms with Crippen molar-refractivity contribution in [1.82, 2.24) is 20.4 Å². The van der Waals surface area contributed by atoms with E-state index in [2.05, 4.69) is 29.4 Å². The fourth-order valence-corrected chi connectivity index (χ4v) is 7.10. The van der Waals surface area contributed by atoms with Crippen molar-refractivity contribution >= 4 is 11.8 Å². The molecule has 2 amide bonds. The van der Waals surface area contributed by atoms with E-state index in [-0.39, 0.29) is 23.7 Å². The van der Waals surface area contributed by atoms with Crippen LogP contribution in [0.5, 0.6) is 0 Å². The molecule has 1 aliphatic heterocycles. The molecule has 2 bridgehead atoms. The number of carbonyl (C=O) groups is 2. The molecule has 6 nitrogen and oxygen atoms in total. The van der Waals surface area contributed by atoms with Gasteiger partial charge in [0.1, 0.15) is 0 Å². The lowest BCUT2D eigenvalue weighted by atomic mass is 9.78. The monoisotopic (exact) mass is 432 g/mol. The standard InChI is InChI=1S/C25H44N4O2/c1-3-26-11-13-28(14-12-27-4-2)16-20-7-5-6-8-21(20)17-29-24(30)22-18-9-10-19(15-18)23(22)25(29)31/h18-23,26-27H,3-17H2,1-2H3/t18-,19+,20-,21-,22+,23-/m0/s1. The van der Waals surface area contributed by atoms with Crippen LogP contribution >= 0.6 is 0 Å². The van der Waals surface area contributed by atoms with E-state index in [0.29, 0.717) is 30.2 Å². The highest BCUT2D eigenvalue weighted by atomic mass is 16.2. The molecule has 3 aliphatic carbocycles. The highest BCUT2D eigenvalue weighted by Crippen LogP contribution is 2.56. The maximum absolute atomic E-state index is 13.2. The van der Waals surface area contributed by atoms with Gasteiger partial charge in [0.25, 0.3) is 0 Å². The van der Waals surface area contributed by atoms with E-state index >= 15 is 0 Å². The number of carbonyl (C=O) groups excluding carboxylic acids is 2. The summed E-state index contributed by atoms with van der Waals surface area (Å²) in [4.78, 5) is 30.8.